The summed E-state index contributed by atoms with van der Waals surface area (Å²) in [6.45, 7) is 2.78. The van der Waals surface area contributed by atoms with Crippen molar-refractivity contribution >= 4 is 11.9 Å². The highest BCUT2D eigenvalue weighted by Gasteiger charge is 2.04. The number of hydrogen-bond acceptors (Lipinski definition) is 4. The van der Waals surface area contributed by atoms with E-state index in [1.165, 1.54) is 4.90 Å². The van der Waals surface area contributed by atoms with Crippen molar-refractivity contribution < 1.29 is 14.3 Å². The largest absolute Gasteiger partial charge is 0.385 e. The maximum atomic E-state index is 11.5. The van der Waals surface area contributed by atoms with Gasteiger partial charge < -0.3 is 25.0 Å². The molecule has 0 aromatic rings. The van der Waals surface area contributed by atoms with Gasteiger partial charge in [-0.25, -0.2) is 4.99 Å². The van der Waals surface area contributed by atoms with Crippen molar-refractivity contribution in [3.63, 3.8) is 0 Å². The van der Waals surface area contributed by atoms with Crippen molar-refractivity contribution in [1.29, 1.82) is 0 Å². The first-order chi connectivity index (χ1) is 9.11. The number of aliphatic imine (C=N–C) groups is 1. The van der Waals surface area contributed by atoms with E-state index in [4.69, 9.17) is 9.47 Å². The average Bonchev–Trinajstić information content (AvgIpc) is 2.39. The van der Waals surface area contributed by atoms with E-state index in [0.717, 1.165) is 13.0 Å². The fourth-order valence-electron chi connectivity index (χ4n) is 1.16. The summed E-state index contributed by atoms with van der Waals surface area (Å²) in [5.41, 5.74) is 0. The van der Waals surface area contributed by atoms with Crippen molar-refractivity contribution in [2.24, 2.45) is 4.99 Å². The zero-order chi connectivity index (χ0) is 14.5. The molecule has 0 rings (SSSR count). The SMILES string of the molecule is COCCCNC(=NCC(=O)N(C)C)NCCOC. The molecule has 7 heteroatoms. The molecule has 19 heavy (non-hydrogen) atoms. The maximum absolute atomic E-state index is 11.5. The van der Waals surface area contributed by atoms with Crippen LogP contribution in [0.1, 0.15) is 6.42 Å². The van der Waals surface area contributed by atoms with Crippen LogP contribution in [0.25, 0.3) is 0 Å². The molecule has 0 atom stereocenters. The summed E-state index contributed by atoms with van der Waals surface area (Å²) in [6.07, 6.45) is 0.878. The molecule has 0 saturated carbocycles. The number of hydrogen-bond donors (Lipinski definition) is 2. The van der Waals surface area contributed by atoms with E-state index in [1.807, 2.05) is 0 Å². The monoisotopic (exact) mass is 274 g/mol. The third kappa shape index (κ3) is 10.3. The van der Waals surface area contributed by atoms with Crippen molar-refractivity contribution in [3.8, 4) is 0 Å². The number of guanidine groups is 1. The fraction of sp³-hybridized carbons (Fsp3) is 0.833. The fourth-order valence-corrected chi connectivity index (χ4v) is 1.16. The van der Waals surface area contributed by atoms with Crippen molar-refractivity contribution in [2.75, 3.05) is 61.2 Å². The van der Waals surface area contributed by atoms with Crippen LogP contribution < -0.4 is 10.6 Å². The highest BCUT2D eigenvalue weighted by atomic mass is 16.5. The molecule has 0 unspecified atom stereocenters. The molecule has 1 amide bonds. The number of ether oxygens (including phenoxy) is 2. The molecule has 112 valence electrons. The topological polar surface area (TPSA) is 75.2 Å². The van der Waals surface area contributed by atoms with E-state index in [-0.39, 0.29) is 12.5 Å². The summed E-state index contributed by atoms with van der Waals surface area (Å²) in [6, 6.07) is 0. The van der Waals surface area contributed by atoms with Crippen LogP contribution in [0, 0.1) is 0 Å². The lowest BCUT2D eigenvalue weighted by molar-refractivity contribution is -0.127. The Morgan fingerprint density at radius 2 is 1.74 bits per heavy atom. The van der Waals surface area contributed by atoms with E-state index in [2.05, 4.69) is 15.6 Å². The van der Waals surface area contributed by atoms with Gasteiger partial charge >= 0.3 is 0 Å². The number of amides is 1. The van der Waals surface area contributed by atoms with E-state index in [9.17, 15) is 4.79 Å². The summed E-state index contributed by atoms with van der Waals surface area (Å²) in [4.78, 5) is 17.2. The number of carbonyl (C=O) groups excluding carboxylic acids is 1. The summed E-state index contributed by atoms with van der Waals surface area (Å²) in [7, 11) is 6.73. The summed E-state index contributed by atoms with van der Waals surface area (Å²) in [5.74, 6) is 0.577. The third-order valence-corrected chi connectivity index (χ3v) is 2.29. The first-order valence-corrected chi connectivity index (χ1v) is 6.32. The predicted molar refractivity (Wildman–Crippen MR) is 75.4 cm³/mol. The van der Waals surface area contributed by atoms with Crippen molar-refractivity contribution in [2.45, 2.75) is 6.42 Å². The second-order valence-corrected chi connectivity index (χ2v) is 4.15. The molecular formula is C12H26N4O3. The summed E-state index contributed by atoms with van der Waals surface area (Å²) < 4.78 is 9.93. The molecular weight excluding hydrogens is 248 g/mol. The molecule has 0 heterocycles. The normalized spacial score (nSPS) is 11.3. The van der Waals surface area contributed by atoms with Crippen LogP contribution in [0.15, 0.2) is 4.99 Å². The Bertz CT molecular complexity index is 270. The predicted octanol–water partition coefficient (Wildman–Crippen LogP) is -0.707. The molecule has 0 aromatic heterocycles. The second-order valence-electron chi connectivity index (χ2n) is 4.15. The third-order valence-electron chi connectivity index (χ3n) is 2.29. The van der Waals surface area contributed by atoms with Crippen molar-refractivity contribution in [1.82, 2.24) is 15.5 Å². The van der Waals surface area contributed by atoms with Gasteiger partial charge in [0.25, 0.3) is 0 Å². The first kappa shape index (κ1) is 17.7. The van der Waals surface area contributed by atoms with Gasteiger partial charge in [-0.15, -0.1) is 0 Å². The minimum absolute atomic E-state index is 0.0373. The zero-order valence-corrected chi connectivity index (χ0v) is 12.4. The lowest BCUT2D eigenvalue weighted by Crippen LogP contribution is -2.40. The Balaban J connectivity index is 4.14. The number of likely N-dealkylation sites (N-methyl/N-ethyl adjacent to an activating group) is 1. The second kappa shape index (κ2) is 11.7. The number of nitrogens with one attached hydrogen (secondary N) is 2. The Hall–Kier alpha value is -1.34. The molecule has 0 spiro atoms. The van der Waals surface area contributed by atoms with Gasteiger partial charge in [0.1, 0.15) is 6.54 Å². The summed E-state index contributed by atoms with van der Waals surface area (Å²) >= 11 is 0. The van der Waals surface area contributed by atoms with Gasteiger partial charge in [-0.3, -0.25) is 4.79 Å². The van der Waals surface area contributed by atoms with E-state index in [0.29, 0.717) is 25.7 Å². The molecule has 2 N–H and O–H groups in total. The molecule has 0 aliphatic carbocycles. The van der Waals surface area contributed by atoms with Crippen LogP contribution in [0.3, 0.4) is 0 Å². The molecule has 0 fully saturated rings. The van der Waals surface area contributed by atoms with Crippen LogP contribution in [0.5, 0.6) is 0 Å². The van der Waals surface area contributed by atoms with E-state index in [1.54, 1.807) is 28.3 Å². The van der Waals surface area contributed by atoms with Crippen molar-refractivity contribution in [3.05, 3.63) is 0 Å². The Kier molecular flexibility index (Phi) is 10.9. The zero-order valence-electron chi connectivity index (χ0n) is 12.4. The Morgan fingerprint density at radius 3 is 2.32 bits per heavy atom. The number of nitrogens with zero attached hydrogens (tertiary/aromatic N) is 2. The molecule has 0 saturated heterocycles. The molecule has 0 aliphatic rings. The molecule has 7 nitrogen and oxygen atoms in total. The highest BCUT2D eigenvalue weighted by molar-refractivity contribution is 5.84. The van der Waals surface area contributed by atoms with Gasteiger partial charge in [-0.1, -0.05) is 0 Å². The van der Waals surface area contributed by atoms with E-state index < -0.39 is 0 Å². The van der Waals surface area contributed by atoms with Gasteiger partial charge in [0.05, 0.1) is 6.61 Å². The van der Waals surface area contributed by atoms with E-state index >= 15 is 0 Å². The van der Waals surface area contributed by atoms with Crippen LogP contribution >= 0.6 is 0 Å². The smallest absolute Gasteiger partial charge is 0.243 e. The standard InChI is InChI=1S/C12H26N4O3/c1-16(2)11(17)10-15-12(14-7-9-19-4)13-6-5-8-18-3/h5-10H2,1-4H3,(H2,13,14,15). The van der Waals surface area contributed by atoms with Crippen LogP contribution in [-0.4, -0.2) is 77.9 Å². The Labute approximate surface area is 115 Å². The lowest BCUT2D eigenvalue weighted by Gasteiger charge is -2.13. The quantitative estimate of drug-likeness (QED) is 0.330. The van der Waals surface area contributed by atoms with Crippen LogP contribution in [0.2, 0.25) is 0 Å². The lowest BCUT2D eigenvalue weighted by atomic mass is 10.4. The number of methoxy groups -OCH3 is 2. The number of carbonyl (C=O) groups is 1. The Morgan fingerprint density at radius 1 is 1.11 bits per heavy atom. The molecule has 0 radical (unpaired) electrons. The molecule has 0 aromatic carbocycles. The summed E-state index contributed by atoms with van der Waals surface area (Å²) in [5, 5.41) is 6.23. The maximum Gasteiger partial charge on any atom is 0.243 e. The average molecular weight is 274 g/mol. The number of rotatable bonds is 9. The van der Waals surface area contributed by atoms with Crippen LogP contribution in [-0.2, 0) is 14.3 Å². The van der Waals surface area contributed by atoms with Gasteiger partial charge in [-0.05, 0) is 6.42 Å². The van der Waals surface area contributed by atoms with Gasteiger partial charge in [-0.2, -0.15) is 0 Å². The molecule has 0 aliphatic heterocycles. The van der Waals surface area contributed by atoms with Crippen LogP contribution in [0.4, 0.5) is 0 Å². The minimum Gasteiger partial charge on any atom is -0.385 e. The molecule has 0 bridgehead atoms. The minimum atomic E-state index is -0.0373. The van der Waals surface area contributed by atoms with Gasteiger partial charge in [0, 0.05) is 48.0 Å². The van der Waals surface area contributed by atoms with Gasteiger partial charge in [0.15, 0.2) is 5.96 Å². The first-order valence-electron chi connectivity index (χ1n) is 6.32. The highest BCUT2D eigenvalue weighted by Crippen LogP contribution is 1.83. The van der Waals surface area contributed by atoms with Gasteiger partial charge in [0.2, 0.25) is 5.91 Å².